The van der Waals surface area contributed by atoms with Gasteiger partial charge in [0.25, 0.3) is 0 Å². The second-order valence-electron chi connectivity index (χ2n) is 6.42. The van der Waals surface area contributed by atoms with Crippen molar-refractivity contribution in [3.8, 4) is 11.1 Å². The number of hydrogen-bond acceptors (Lipinski definition) is 4. The Morgan fingerprint density at radius 1 is 0.800 bits per heavy atom. The molecular weight excluding hydrogens is 316 g/mol. The molecule has 0 aliphatic heterocycles. The summed E-state index contributed by atoms with van der Waals surface area (Å²) in [5.41, 5.74) is 7.52. The number of benzene rings is 2. The number of rotatable bonds is 4. The van der Waals surface area contributed by atoms with Gasteiger partial charge in [-0.05, 0) is 22.3 Å². The van der Waals surface area contributed by atoms with Crippen LogP contribution < -0.4 is 22.5 Å². The van der Waals surface area contributed by atoms with E-state index < -0.39 is 17.3 Å². The molecule has 2 aromatic carbocycles. The summed E-state index contributed by atoms with van der Waals surface area (Å²) < 4.78 is 0. The number of hydrogen-bond donors (Lipinski definition) is 4. The lowest BCUT2D eigenvalue weighted by Gasteiger charge is -2.41. The number of carbonyl (C=O) groups excluding carboxylic acids is 2. The third-order valence-electron chi connectivity index (χ3n) is 5.47. The third-order valence-corrected chi connectivity index (χ3v) is 5.47. The van der Waals surface area contributed by atoms with E-state index in [1.54, 1.807) is 13.8 Å². The maximum absolute atomic E-state index is 12.5. The van der Waals surface area contributed by atoms with Crippen molar-refractivity contribution in [2.45, 2.75) is 19.3 Å². The summed E-state index contributed by atoms with van der Waals surface area (Å²) in [5.74, 6) is 9.04. The zero-order valence-electron chi connectivity index (χ0n) is 14.2. The normalized spacial score (nSPS) is 16.3. The van der Waals surface area contributed by atoms with Crippen LogP contribution in [-0.2, 0) is 15.0 Å². The van der Waals surface area contributed by atoms with Gasteiger partial charge in [-0.15, -0.1) is 0 Å². The van der Waals surface area contributed by atoms with Gasteiger partial charge in [-0.3, -0.25) is 20.4 Å². The molecule has 2 atom stereocenters. The van der Waals surface area contributed by atoms with Crippen molar-refractivity contribution in [1.29, 1.82) is 0 Å². The lowest BCUT2D eigenvalue weighted by molar-refractivity contribution is -0.131. The van der Waals surface area contributed by atoms with Crippen LogP contribution in [0.2, 0.25) is 0 Å². The van der Waals surface area contributed by atoms with E-state index in [0.717, 1.165) is 22.3 Å². The molecule has 25 heavy (non-hydrogen) atoms. The van der Waals surface area contributed by atoms with Gasteiger partial charge in [-0.2, -0.15) is 0 Å². The molecule has 0 saturated carbocycles. The minimum Gasteiger partial charge on any atom is -0.294 e. The monoisotopic (exact) mass is 338 g/mol. The van der Waals surface area contributed by atoms with Crippen LogP contribution in [0.15, 0.2) is 48.5 Å². The molecule has 2 amide bonds. The molecule has 0 heterocycles. The lowest BCUT2D eigenvalue weighted by Crippen LogP contribution is -2.53. The maximum Gasteiger partial charge on any atom is 0.237 e. The molecule has 1 aliphatic carbocycles. The molecule has 0 aromatic heterocycles. The number of nitrogens with one attached hydrogen (secondary N) is 2. The van der Waals surface area contributed by atoms with Gasteiger partial charge in [0.1, 0.15) is 0 Å². The number of carbonyl (C=O) groups is 2. The van der Waals surface area contributed by atoms with Crippen molar-refractivity contribution in [1.82, 2.24) is 10.9 Å². The molecule has 1 aliphatic rings. The lowest BCUT2D eigenvalue weighted by atomic mass is 9.61. The summed E-state index contributed by atoms with van der Waals surface area (Å²) in [6.45, 7) is 3.59. The standard InChI is InChI=1S/C19H22N4O2/c1-11(17(24)22-20)19(12(2)18(25)23-21)15-9-5-3-7-13(15)14-8-4-6-10-16(14)19/h3-12H,20-21H2,1-2H3,(H,22,24)(H,23,25). The average molecular weight is 338 g/mol. The first-order chi connectivity index (χ1) is 12.0. The molecule has 0 spiro atoms. The van der Waals surface area contributed by atoms with Crippen LogP contribution in [0.1, 0.15) is 25.0 Å². The highest BCUT2D eigenvalue weighted by Gasteiger charge is 2.54. The minimum atomic E-state index is -0.861. The van der Waals surface area contributed by atoms with Crippen LogP contribution >= 0.6 is 0 Å². The fraction of sp³-hybridized carbons (Fsp3) is 0.263. The van der Waals surface area contributed by atoms with Crippen LogP contribution in [-0.4, -0.2) is 11.8 Å². The first-order valence-electron chi connectivity index (χ1n) is 8.20. The number of fused-ring (bicyclic) bond motifs is 3. The highest BCUT2D eigenvalue weighted by atomic mass is 16.2. The quantitative estimate of drug-likeness (QED) is 0.381. The van der Waals surface area contributed by atoms with Crippen molar-refractivity contribution in [3.63, 3.8) is 0 Å². The van der Waals surface area contributed by atoms with Gasteiger partial charge in [0, 0.05) is 5.41 Å². The first-order valence-corrected chi connectivity index (χ1v) is 8.20. The van der Waals surface area contributed by atoms with E-state index in [4.69, 9.17) is 11.7 Å². The van der Waals surface area contributed by atoms with Gasteiger partial charge in [-0.25, -0.2) is 11.7 Å². The topological polar surface area (TPSA) is 110 Å². The summed E-state index contributed by atoms with van der Waals surface area (Å²) >= 11 is 0. The smallest absolute Gasteiger partial charge is 0.237 e. The zero-order chi connectivity index (χ0) is 18.2. The molecule has 2 unspecified atom stereocenters. The second kappa shape index (κ2) is 6.31. The molecule has 2 aromatic rings. The highest BCUT2D eigenvalue weighted by molar-refractivity contribution is 5.92. The summed E-state index contributed by atoms with van der Waals surface area (Å²) in [5, 5.41) is 0. The van der Waals surface area contributed by atoms with Gasteiger partial charge in [-0.1, -0.05) is 62.4 Å². The molecule has 130 valence electrons. The van der Waals surface area contributed by atoms with Gasteiger partial charge in [0.2, 0.25) is 11.8 Å². The molecule has 6 N–H and O–H groups in total. The molecule has 0 fully saturated rings. The molecule has 6 heteroatoms. The predicted molar refractivity (Wildman–Crippen MR) is 95.6 cm³/mol. The van der Waals surface area contributed by atoms with Gasteiger partial charge < -0.3 is 0 Å². The van der Waals surface area contributed by atoms with Crippen LogP contribution in [0.4, 0.5) is 0 Å². The predicted octanol–water partition coefficient (Wildman–Crippen LogP) is 1.21. The van der Waals surface area contributed by atoms with E-state index >= 15 is 0 Å². The largest absolute Gasteiger partial charge is 0.294 e. The number of nitrogens with two attached hydrogens (primary N) is 2. The summed E-state index contributed by atoms with van der Waals surface area (Å²) in [4.78, 5) is 25.1. The fourth-order valence-corrected chi connectivity index (χ4v) is 4.27. The summed E-state index contributed by atoms with van der Waals surface area (Å²) in [6.07, 6.45) is 0. The third kappa shape index (κ3) is 2.26. The van der Waals surface area contributed by atoms with Crippen LogP contribution in [0, 0.1) is 11.8 Å². The fourth-order valence-electron chi connectivity index (χ4n) is 4.27. The van der Waals surface area contributed by atoms with Gasteiger partial charge in [0.05, 0.1) is 11.8 Å². The second-order valence-corrected chi connectivity index (χ2v) is 6.42. The molecule has 0 bridgehead atoms. The van der Waals surface area contributed by atoms with E-state index in [1.165, 1.54) is 0 Å². The Balaban J connectivity index is 2.38. The van der Waals surface area contributed by atoms with E-state index in [0.29, 0.717) is 0 Å². The van der Waals surface area contributed by atoms with Crippen molar-refractivity contribution in [2.75, 3.05) is 0 Å². The zero-order valence-corrected chi connectivity index (χ0v) is 14.2. The Hall–Kier alpha value is -2.70. The summed E-state index contributed by atoms with van der Waals surface area (Å²) in [7, 11) is 0. The van der Waals surface area contributed by atoms with E-state index in [2.05, 4.69) is 10.9 Å². The number of hydrazine groups is 2. The molecule has 6 nitrogen and oxygen atoms in total. The van der Waals surface area contributed by atoms with Crippen molar-refractivity contribution < 1.29 is 9.59 Å². The van der Waals surface area contributed by atoms with Crippen molar-refractivity contribution >= 4 is 11.8 Å². The van der Waals surface area contributed by atoms with Crippen LogP contribution in [0.3, 0.4) is 0 Å². The Kier molecular flexibility index (Phi) is 4.32. The maximum atomic E-state index is 12.5. The van der Waals surface area contributed by atoms with Crippen LogP contribution in [0.25, 0.3) is 11.1 Å². The van der Waals surface area contributed by atoms with Gasteiger partial charge in [0.15, 0.2) is 0 Å². The van der Waals surface area contributed by atoms with Crippen LogP contribution in [0.5, 0.6) is 0 Å². The molecule has 3 rings (SSSR count). The number of amides is 2. The van der Waals surface area contributed by atoms with Crippen molar-refractivity contribution in [2.24, 2.45) is 23.5 Å². The Bertz CT molecular complexity index is 764. The Morgan fingerprint density at radius 2 is 1.16 bits per heavy atom. The van der Waals surface area contributed by atoms with E-state index in [-0.39, 0.29) is 11.8 Å². The molecule has 0 saturated heterocycles. The Labute approximate surface area is 146 Å². The van der Waals surface area contributed by atoms with Crippen molar-refractivity contribution in [3.05, 3.63) is 59.7 Å². The SMILES string of the molecule is CC(C(=O)NN)C1(C(C)C(=O)NN)c2ccccc2-c2ccccc21. The van der Waals surface area contributed by atoms with E-state index in [1.807, 2.05) is 48.5 Å². The first kappa shape index (κ1) is 17.1. The highest BCUT2D eigenvalue weighted by Crippen LogP contribution is 2.56. The molecular formula is C19H22N4O2. The minimum absolute atomic E-state index is 0.330. The Morgan fingerprint density at radius 3 is 1.52 bits per heavy atom. The molecule has 0 radical (unpaired) electrons. The van der Waals surface area contributed by atoms with Gasteiger partial charge >= 0.3 is 0 Å². The average Bonchev–Trinajstić information content (AvgIpc) is 2.97. The summed E-state index contributed by atoms with van der Waals surface area (Å²) in [6, 6.07) is 15.7. The van der Waals surface area contributed by atoms with E-state index in [9.17, 15) is 9.59 Å².